The molecule has 0 amide bonds. The number of ether oxygens (including phenoxy) is 1. The number of nitrogens with two attached hydrogens (primary N) is 1. The van der Waals surface area contributed by atoms with E-state index in [-0.39, 0.29) is 6.54 Å². The van der Waals surface area contributed by atoms with Crippen LogP contribution in [-0.2, 0) is 5.67 Å². The molecule has 0 aliphatic heterocycles. The monoisotopic (exact) mass is 240 g/mol. The van der Waals surface area contributed by atoms with Crippen molar-refractivity contribution in [2.24, 2.45) is 11.1 Å². The molecule has 0 radical (unpaired) electrons. The van der Waals surface area contributed by atoms with Crippen molar-refractivity contribution in [1.82, 2.24) is 4.98 Å². The van der Waals surface area contributed by atoms with Crippen LogP contribution >= 0.6 is 0 Å². The molecule has 1 atom stereocenters. The molecular weight excluding hydrogens is 219 g/mol. The summed E-state index contributed by atoms with van der Waals surface area (Å²) in [6.07, 6.45) is 3.09. The minimum Gasteiger partial charge on any atom is -0.492 e. The molecule has 17 heavy (non-hydrogen) atoms. The van der Waals surface area contributed by atoms with Crippen molar-refractivity contribution in [3.05, 3.63) is 24.0 Å². The van der Waals surface area contributed by atoms with Crippen LogP contribution in [0, 0.1) is 5.41 Å². The fourth-order valence-electron chi connectivity index (χ4n) is 1.74. The van der Waals surface area contributed by atoms with Gasteiger partial charge in [-0.1, -0.05) is 20.8 Å². The van der Waals surface area contributed by atoms with Gasteiger partial charge in [-0.25, -0.2) is 4.39 Å². The Morgan fingerprint density at radius 2 is 2.00 bits per heavy atom. The molecule has 0 aliphatic rings. The molecule has 2 N–H and O–H groups in total. The highest BCUT2D eigenvalue weighted by atomic mass is 19.1. The SMILES string of the molecule is CCOc1cncc(C(F)(CN)C(C)(C)C)c1. The third-order valence-corrected chi connectivity index (χ3v) is 2.95. The van der Waals surface area contributed by atoms with E-state index in [9.17, 15) is 4.39 Å². The Hall–Kier alpha value is -1.16. The van der Waals surface area contributed by atoms with E-state index < -0.39 is 11.1 Å². The Bertz CT molecular complexity index is 376. The molecule has 1 rings (SSSR count). The van der Waals surface area contributed by atoms with Crippen molar-refractivity contribution in [2.75, 3.05) is 13.2 Å². The van der Waals surface area contributed by atoms with Crippen LogP contribution in [0.2, 0.25) is 0 Å². The van der Waals surface area contributed by atoms with E-state index >= 15 is 0 Å². The summed E-state index contributed by atoms with van der Waals surface area (Å²) < 4.78 is 20.3. The molecular formula is C13H21FN2O. The Labute approximate surface area is 102 Å². The molecule has 1 aromatic rings. The Balaban J connectivity index is 3.16. The largest absolute Gasteiger partial charge is 0.492 e. The van der Waals surface area contributed by atoms with E-state index in [1.54, 1.807) is 12.3 Å². The number of hydrogen-bond donors (Lipinski definition) is 1. The lowest BCUT2D eigenvalue weighted by Crippen LogP contribution is -2.42. The second-order valence-electron chi connectivity index (χ2n) is 5.10. The van der Waals surface area contributed by atoms with Gasteiger partial charge in [0.15, 0.2) is 5.67 Å². The molecule has 0 aliphatic carbocycles. The van der Waals surface area contributed by atoms with E-state index in [2.05, 4.69) is 4.98 Å². The lowest BCUT2D eigenvalue weighted by Gasteiger charge is -2.37. The van der Waals surface area contributed by atoms with Gasteiger partial charge in [-0.3, -0.25) is 4.98 Å². The van der Waals surface area contributed by atoms with Gasteiger partial charge in [0, 0.05) is 23.7 Å². The van der Waals surface area contributed by atoms with Gasteiger partial charge in [0.05, 0.1) is 12.8 Å². The maximum atomic E-state index is 15.0. The van der Waals surface area contributed by atoms with Gasteiger partial charge in [0.25, 0.3) is 0 Å². The first-order chi connectivity index (χ1) is 7.85. The zero-order valence-electron chi connectivity index (χ0n) is 11.0. The lowest BCUT2D eigenvalue weighted by atomic mass is 9.74. The standard InChI is InChI=1S/C13H21FN2O/c1-5-17-11-6-10(7-16-8-11)13(14,9-15)12(2,3)4/h6-8H,5,9,15H2,1-4H3. The first kappa shape index (κ1) is 13.9. The predicted octanol–water partition coefficient (Wildman–Crippen LogP) is 2.65. The van der Waals surface area contributed by atoms with Gasteiger partial charge in [0.2, 0.25) is 0 Å². The molecule has 0 saturated heterocycles. The summed E-state index contributed by atoms with van der Waals surface area (Å²) in [5, 5.41) is 0. The van der Waals surface area contributed by atoms with E-state index in [0.717, 1.165) is 0 Å². The summed E-state index contributed by atoms with van der Waals surface area (Å²) in [7, 11) is 0. The van der Waals surface area contributed by atoms with Crippen molar-refractivity contribution >= 4 is 0 Å². The zero-order valence-corrected chi connectivity index (χ0v) is 11.0. The van der Waals surface area contributed by atoms with E-state index in [1.807, 2.05) is 27.7 Å². The van der Waals surface area contributed by atoms with Crippen LogP contribution in [0.15, 0.2) is 18.5 Å². The van der Waals surface area contributed by atoms with E-state index in [1.165, 1.54) is 6.20 Å². The van der Waals surface area contributed by atoms with Crippen molar-refractivity contribution in [3.63, 3.8) is 0 Å². The van der Waals surface area contributed by atoms with Crippen LogP contribution in [0.25, 0.3) is 0 Å². The Morgan fingerprint density at radius 1 is 1.35 bits per heavy atom. The molecule has 0 spiro atoms. The maximum Gasteiger partial charge on any atom is 0.154 e. The quantitative estimate of drug-likeness (QED) is 0.880. The fourth-order valence-corrected chi connectivity index (χ4v) is 1.74. The highest BCUT2D eigenvalue weighted by Gasteiger charge is 2.43. The summed E-state index contributed by atoms with van der Waals surface area (Å²) in [6.45, 7) is 7.81. The minimum absolute atomic E-state index is 0.0756. The highest BCUT2D eigenvalue weighted by molar-refractivity contribution is 5.30. The van der Waals surface area contributed by atoms with Crippen LogP contribution in [0.1, 0.15) is 33.3 Å². The van der Waals surface area contributed by atoms with Gasteiger partial charge in [0.1, 0.15) is 5.75 Å². The number of nitrogens with zero attached hydrogens (tertiary/aromatic N) is 1. The molecule has 96 valence electrons. The smallest absolute Gasteiger partial charge is 0.154 e. The van der Waals surface area contributed by atoms with Gasteiger partial charge in [-0.2, -0.15) is 0 Å². The summed E-state index contributed by atoms with van der Waals surface area (Å²) in [6, 6.07) is 1.68. The first-order valence-electron chi connectivity index (χ1n) is 5.82. The summed E-state index contributed by atoms with van der Waals surface area (Å²) in [4.78, 5) is 4.01. The molecule has 0 bridgehead atoms. The van der Waals surface area contributed by atoms with Gasteiger partial charge in [-0.15, -0.1) is 0 Å². The van der Waals surface area contributed by atoms with E-state index in [0.29, 0.717) is 17.9 Å². The van der Waals surface area contributed by atoms with E-state index in [4.69, 9.17) is 10.5 Å². The van der Waals surface area contributed by atoms with Crippen molar-refractivity contribution < 1.29 is 9.13 Å². The molecule has 1 unspecified atom stereocenters. The molecule has 3 nitrogen and oxygen atoms in total. The van der Waals surface area contributed by atoms with Crippen LogP contribution in [0.5, 0.6) is 5.75 Å². The molecule has 0 aromatic carbocycles. The maximum absolute atomic E-state index is 15.0. The zero-order chi connectivity index (χ0) is 13.1. The third kappa shape index (κ3) is 2.75. The lowest BCUT2D eigenvalue weighted by molar-refractivity contribution is 0.0337. The Kier molecular flexibility index (Phi) is 4.09. The highest BCUT2D eigenvalue weighted by Crippen LogP contribution is 2.42. The first-order valence-corrected chi connectivity index (χ1v) is 5.82. The van der Waals surface area contributed by atoms with Crippen LogP contribution in [0.4, 0.5) is 4.39 Å². The predicted molar refractivity (Wildman–Crippen MR) is 66.7 cm³/mol. The second kappa shape index (κ2) is 5.00. The minimum atomic E-state index is -1.60. The molecule has 4 heteroatoms. The topological polar surface area (TPSA) is 48.1 Å². The average Bonchev–Trinajstić information content (AvgIpc) is 2.27. The summed E-state index contributed by atoms with van der Waals surface area (Å²) in [5.41, 5.74) is 3.88. The second-order valence-corrected chi connectivity index (χ2v) is 5.10. The van der Waals surface area contributed by atoms with Gasteiger partial charge < -0.3 is 10.5 Å². The van der Waals surface area contributed by atoms with Gasteiger partial charge in [-0.05, 0) is 13.0 Å². The van der Waals surface area contributed by atoms with Crippen LogP contribution in [0.3, 0.4) is 0 Å². The van der Waals surface area contributed by atoms with Crippen molar-refractivity contribution in [1.29, 1.82) is 0 Å². The van der Waals surface area contributed by atoms with Crippen molar-refractivity contribution in [3.8, 4) is 5.75 Å². The molecule has 0 saturated carbocycles. The average molecular weight is 240 g/mol. The molecule has 0 fully saturated rings. The molecule has 1 heterocycles. The number of hydrogen-bond acceptors (Lipinski definition) is 3. The number of rotatable bonds is 4. The van der Waals surface area contributed by atoms with Gasteiger partial charge >= 0.3 is 0 Å². The summed E-state index contributed by atoms with van der Waals surface area (Å²) >= 11 is 0. The Morgan fingerprint density at radius 3 is 2.47 bits per heavy atom. The van der Waals surface area contributed by atoms with Crippen LogP contribution in [-0.4, -0.2) is 18.1 Å². The van der Waals surface area contributed by atoms with Crippen molar-refractivity contribution in [2.45, 2.75) is 33.4 Å². The number of aromatic nitrogens is 1. The number of pyridine rings is 1. The fraction of sp³-hybridized carbons (Fsp3) is 0.615. The summed E-state index contributed by atoms with van der Waals surface area (Å²) in [5.74, 6) is 0.574. The number of alkyl halides is 1. The normalized spacial score (nSPS) is 15.4. The van der Waals surface area contributed by atoms with Crippen LogP contribution < -0.4 is 10.5 Å². The third-order valence-electron chi connectivity index (χ3n) is 2.95. The molecule has 1 aromatic heterocycles. The number of halogens is 1.